The van der Waals surface area contributed by atoms with Crippen molar-refractivity contribution in [2.75, 3.05) is 19.5 Å². The third kappa shape index (κ3) is 4.77. The van der Waals surface area contributed by atoms with Gasteiger partial charge in [-0.1, -0.05) is 12.1 Å². The van der Waals surface area contributed by atoms with Crippen molar-refractivity contribution in [2.24, 2.45) is 7.05 Å². The Morgan fingerprint density at radius 1 is 1.00 bits per heavy atom. The molecule has 0 atom stereocenters. The van der Waals surface area contributed by atoms with Crippen LogP contribution >= 0.6 is 0 Å². The van der Waals surface area contributed by atoms with Crippen molar-refractivity contribution in [1.29, 1.82) is 0 Å². The smallest absolute Gasteiger partial charge is 0.276 e. The number of hydrogen-bond acceptors (Lipinski definition) is 6. The molecule has 0 fully saturated rings. The number of amides is 1. The molecule has 0 aliphatic heterocycles. The van der Waals surface area contributed by atoms with Crippen LogP contribution in [0.1, 0.15) is 21.9 Å². The largest absolute Gasteiger partial charge is 0.497 e. The maximum Gasteiger partial charge on any atom is 0.276 e. The van der Waals surface area contributed by atoms with Crippen molar-refractivity contribution in [3.63, 3.8) is 0 Å². The van der Waals surface area contributed by atoms with E-state index in [0.717, 1.165) is 29.0 Å². The van der Waals surface area contributed by atoms with Gasteiger partial charge < -0.3 is 9.47 Å². The molecule has 0 spiro atoms. The van der Waals surface area contributed by atoms with Crippen LogP contribution in [0.25, 0.3) is 11.3 Å². The number of anilines is 1. The molecule has 1 amide bonds. The maximum absolute atomic E-state index is 12.7. The van der Waals surface area contributed by atoms with Gasteiger partial charge in [0.05, 0.1) is 19.9 Å². The van der Waals surface area contributed by atoms with E-state index in [1.165, 1.54) is 4.68 Å². The highest BCUT2D eigenvalue weighted by molar-refractivity contribution is 6.02. The van der Waals surface area contributed by atoms with E-state index in [1.54, 1.807) is 27.3 Å². The van der Waals surface area contributed by atoms with E-state index in [2.05, 4.69) is 25.6 Å². The highest BCUT2D eigenvalue weighted by Crippen LogP contribution is 2.22. The Hall–Kier alpha value is -4.14. The number of ether oxygens (including phenoxy) is 2. The summed E-state index contributed by atoms with van der Waals surface area (Å²) < 4.78 is 11.9. The molecular weight excluding hydrogens is 408 g/mol. The van der Waals surface area contributed by atoms with Crippen molar-refractivity contribution < 1.29 is 14.3 Å². The van der Waals surface area contributed by atoms with Crippen LogP contribution in [-0.4, -0.2) is 45.1 Å². The van der Waals surface area contributed by atoms with Gasteiger partial charge in [-0.2, -0.15) is 10.1 Å². The molecule has 4 rings (SSSR count). The first-order valence-corrected chi connectivity index (χ1v) is 10.1. The van der Waals surface area contributed by atoms with Gasteiger partial charge in [0.2, 0.25) is 5.95 Å². The van der Waals surface area contributed by atoms with E-state index in [4.69, 9.17) is 9.47 Å². The fourth-order valence-electron chi connectivity index (χ4n) is 3.27. The van der Waals surface area contributed by atoms with Gasteiger partial charge in [-0.3, -0.25) is 19.9 Å². The third-order valence-corrected chi connectivity index (χ3v) is 5.06. The fraction of sp³-hybridized carbons (Fsp3) is 0.217. The van der Waals surface area contributed by atoms with Crippen LogP contribution in [0.4, 0.5) is 5.95 Å². The zero-order chi connectivity index (χ0) is 22.5. The molecule has 2 aromatic heterocycles. The summed E-state index contributed by atoms with van der Waals surface area (Å²) in [6.07, 6.45) is 1.46. The Labute approximate surface area is 185 Å². The molecule has 0 aliphatic carbocycles. The Balaban J connectivity index is 1.38. The number of aryl methyl sites for hydroxylation is 3. The number of benzene rings is 2. The lowest BCUT2D eigenvalue weighted by molar-refractivity contribution is 0.101. The first kappa shape index (κ1) is 21.1. The molecule has 9 nitrogen and oxygen atoms in total. The standard InChI is InChI=1S/C23H24N6O3/c1-29-20(14-19(28-29)16-7-11-18(32-3)12-8-16)22(30)25-23-24-21(26-27-23)13-6-15-4-9-17(31-2)10-5-15/h4-5,7-12,14H,6,13H2,1-3H3,(H2,24,25,26,27,30). The van der Waals surface area contributed by atoms with Crippen LogP contribution < -0.4 is 14.8 Å². The number of nitrogens with zero attached hydrogens (tertiary/aromatic N) is 4. The van der Waals surface area contributed by atoms with Crippen molar-refractivity contribution >= 4 is 11.9 Å². The van der Waals surface area contributed by atoms with E-state index < -0.39 is 0 Å². The summed E-state index contributed by atoms with van der Waals surface area (Å²) in [5.41, 5.74) is 3.14. The van der Waals surface area contributed by atoms with E-state index in [-0.39, 0.29) is 11.9 Å². The summed E-state index contributed by atoms with van der Waals surface area (Å²) in [6.45, 7) is 0. The molecule has 0 saturated heterocycles. The molecule has 32 heavy (non-hydrogen) atoms. The summed E-state index contributed by atoms with van der Waals surface area (Å²) in [5.74, 6) is 2.17. The zero-order valence-corrected chi connectivity index (χ0v) is 18.1. The van der Waals surface area contributed by atoms with Crippen molar-refractivity contribution in [3.05, 3.63) is 71.7 Å². The van der Waals surface area contributed by atoms with Crippen LogP contribution in [-0.2, 0) is 19.9 Å². The summed E-state index contributed by atoms with van der Waals surface area (Å²) in [6, 6.07) is 17.1. The van der Waals surface area contributed by atoms with Crippen molar-refractivity contribution in [2.45, 2.75) is 12.8 Å². The van der Waals surface area contributed by atoms with Gasteiger partial charge in [-0.15, -0.1) is 5.10 Å². The van der Waals surface area contributed by atoms with Gasteiger partial charge in [0, 0.05) is 19.0 Å². The molecule has 0 aliphatic rings. The second-order valence-electron chi connectivity index (χ2n) is 7.17. The lowest BCUT2D eigenvalue weighted by Gasteiger charge is -2.02. The fourth-order valence-corrected chi connectivity index (χ4v) is 3.27. The van der Waals surface area contributed by atoms with E-state index in [0.29, 0.717) is 23.6 Å². The zero-order valence-electron chi connectivity index (χ0n) is 18.1. The van der Waals surface area contributed by atoms with Crippen LogP contribution in [0, 0.1) is 0 Å². The number of carbonyl (C=O) groups is 1. The van der Waals surface area contributed by atoms with Crippen molar-refractivity contribution in [1.82, 2.24) is 25.0 Å². The first-order valence-electron chi connectivity index (χ1n) is 10.1. The van der Waals surface area contributed by atoms with Crippen molar-refractivity contribution in [3.8, 4) is 22.8 Å². The number of carbonyl (C=O) groups excluding carboxylic acids is 1. The van der Waals surface area contributed by atoms with Gasteiger partial charge >= 0.3 is 0 Å². The number of aromatic nitrogens is 5. The average Bonchev–Trinajstić information content (AvgIpc) is 3.44. The lowest BCUT2D eigenvalue weighted by Crippen LogP contribution is -2.16. The second-order valence-corrected chi connectivity index (χ2v) is 7.17. The summed E-state index contributed by atoms with van der Waals surface area (Å²) in [5, 5.41) is 14.1. The maximum atomic E-state index is 12.7. The lowest BCUT2D eigenvalue weighted by atomic mass is 10.1. The number of nitrogens with one attached hydrogen (secondary N) is 2. The Kier molecular flexibility index (Phi) is 6.16. The van der Waals surface area contributed by atoms with Crippen LogP contribution in [0.5, 0.6) is 11.5 Å². The average molecular weight is 432 g/mol. The van der Waals surface area contributed by atoms with Crippen LogP contribution in [0.3, 0.4) is 0 Å². The topological polar surface area (TPSA) is 107 Å². The molecule has 2 N–H and O–H groups in total. The SMILES string of the molecule is COc1ccc(CCc2nc(NC(=O)c3cc(-c4ccc(OC)cc4)nn3C)n[nH]2)cc1. The van der Waals surface area contributed by atoms with Gasteiger partial charge in [0.25, 0.3) is 5.91 Å². The molecule has 9 heteroatoms. The Morgan fingerprint density at radius 3 is 2.31 bits per heavy atom. The number of methoxy groups -OCH3 is 2. The van der Waals surface area contributed by atoms with E-state index in [9.17, 15) is 4.79 Å². The van der Waals surface area contributed by atoms with Crippen LogP contribution in [0.15, 0.2) is 54.6 Å². The molecule has 0 radical (unpaired) electrons. The van der Waals surface area contributed by atoms with Gasteiger partial charge in [-0.25, -0.2) is 0 Å². The molecular formula is C23H24N6O3. The number of hydrogen-bond donors (Lipinski definition) is 2. The highest BCUT2D eigenvalue weighted by atomic mass is 16.5. The molecule has 0 saturated carbocycles. The minimum Gasteiger partial charge on any atom is -0.497 e. The molecule has 2 aromatic carbocycles. The molecule has 2 heterocycles. The van der Waals surface area contributed by atoms with Crippen LogP contribution in [0.2, 0.25) is 0 Å². The predicted molar refractivity (Wildman–Crippen MR) is 120 cm³/mol. The molecule has 164 valence electrons. The number of H-pyrrole nitrogens is 1. The minimum absolute atomic E-state index is 0.229. The van der Waals surface area contributed by atoms with E-state index >= 15 is 0 Å². The summed E-state index contributed by atoms with van der Waals surface area (Å²) in [7, 11) is 4.98. The minimum atomic E-state index is -0.333. The highest BCUT2D eigenvalue weighted by Gasteiger charge is 2.16. The quantitative estimate of drug-likeness (QED) is 0.443. The number of rotatable bonds is 8. The summed E-state index contributed by atoms with van der Waals surface area (Å²) >= 11 is 0. The predicted octanol–water partition coefficient (Wildman–Crippen LogP) is 3.26. The Morgan fingerprint density at radius 2 is 1.66 bits per heavy atom. The number of aromatic amines is 1. The van der Waals surface area contributed by atoms with Gasteiger partial charge in [-0.05, 0) is 54.4 Å². The molecule has 0 bridgehead atoms. The molecule has 0 unspecified atom stereocenters. The second kappa shape index (κ2) is 9.34. The Bertz CT molecular complexity index is 1200. The normalized spacial score (nSPS) is 10.7. The molecule has 4 aromatic rings. The first-order chi connectivity index (χ1) is 15.6. The van der Waals surface area contributed by atoms with Gasteiger partial charge in [0.15, 0.2) is 0 Å². The third-order valence-electron chi connectivity index (χ3n) is 5.06. The monoisotopic (exact) mass is 432 g/mol. The van der Waals surface area contributed by atoms with E-state index in [1.807, 2.05) is 48.5 Å². The summed E-state index contributed by atoms with van der Waals surface area (Å²) in [4.78, 5) is 17.1. The van der Waals surface area contributed by atoms with Gasteiger partial charge in [0.1, 0.15) is 23.0 Å².